The van der Waals surface area contributed by atoms with E-state index in [1.165, 1.54) is 16.7 Å². The van der Waals surface area contributed by atoms with Gasteiger partial charge in [0.2, 0.25) is 11.7 Å². The van der Waals surface area contributed by atoms with Gasteiger partial charge < -0.3 is 9.51 Å². The molecule has 2 aliphatic carbocycles. The van der Waals surface area contributed by atoms with E-state index in [0.717, 1.165) is 31.4 Å². The maximum atomic E-state index is 12.5. The van der Waals surface area contributed by atoms with E-state index in [1.807, 2.05) is 18.2 Å². The second-order valence-electron chi connectivity index (χ2n) is 7.16. The summed E-state index contributed by atoms with van der Waals surface area (Å²) in [7, 11) is 0. The first-order valence-electron chi connectivity index (χ1n) is 8.88. The van der Waals surface area contributed by atoms with Gasteiger partial charge in [0.1, 0.15) is 0 Å². The van der Waals surface area contributed by atoms with Crippen LogP contribution in [-0.4, -0.2) is 15.1 Å². The average molecular weight is 333 g/mol. The standard InChI is InChI=1S/C20H19N3O2/c1-11-5-4-7-13-10-16(19(24)21-17(11)13)18-22-20(25-23-18)15-9-12-6-2-3-8-14(12)15/h2-3,6,8,10-11,15H,4-5,7,9H2,1H3,(H,21,24). The van der Waals surface area contributed by atoms with E-state index < -0.39 is 0 Å². The van der Waals surface area contributed by atoms with Crippen LogP contribution >= 0.6 is 0 Å². The number of hydrogen-bond acceptors (Lipinski definition) is 4. The van der Waals surface area contributed by atoms with Gasteiger partial charge in [0.15, 0.2) is 0 Å². The van der Waals surface area contributed by atoms with Crippen LogP contribution < -0.4 is 5.56 Å². The van der Waals surface area contributed by atoms with E-state index >= 15 is 0 Å². The Morgan fingerprint density at radius 3 is 3.00 bits per heavy atom. The molecule has 0 radical (unpaired) electrons. The third-order valence-electron chi connectivity index (χ3n) is 5.57. The third kappa shape index (κ3) is 2.26. The maximum absolute atomic E-state index is 12.5. The molecule has 2 unspecified atom stereocenters. The topological polar surface area (TPSA) is 71.8 Å². The fraction of sp³-hybridized carbons (Fsp3) is 0.350. The van der Waals surface area contributed by atoms with E-state index in [2.05, 4.69) is 34.2 Å². The highest BCUT2D eigenvalue weighted by molar-refractivity contribution is 5.56. The summed E-state index contributed by atoms with van der Waals surface area (Å²) in [5.74, 6) is 1.54. The molecule has 0 amide bonds. The number of aromatic nitrogens is 3. The first-order chi connectivity index (χ1) is 12.2. The van der Waals surface area contributed by atoms with Gasteiger partial charge in [-0.05, 0) is 54.4 Å². The van der Waals surface area contributed by atoms with Crippen molar-refractivity contribution in [2.75, 3.05) is 0 Å². The van der Waals surface area contributed by atoms with Crippen molar-refractivity contribution >= 4 is 0 Å². The molecule has 0 bridgehead atoms. The Bertz CT molecular complexity index is 1020. The highest BCUT2D eigenvalue weighted by atomic mass is 16.5. The molecule has 1 aromatic carbocycles. The van der Waals surface area contributed by atoms with Crippen LogP contribution in [0.15, 0.2) is 39.6 Å². The number of pyridine rings is 1. The highest BCUT2D eigenvalue weighted by Gasteiger charge is 2.32. The minimum atomic E-state index is -0.131. The molecule has 1 N–H and O–H groups in total. The minimum absolute atomic E-state index is 0.131. The summed E-state index contributed by atoms with van der Waals surface area (Å²) in [6.45, 7) is 2.16. The van der Waals surface area contributed by atoms with Crippen molar-refractivity contribution < 1.29 is 4.52 Å². The Balaban J connectivity index is 1.52. The van der Waals surface area contributed by atoms with Gasteiger partial charge in [-0.15, -0.1) is 0 Å². The minimum Gasteiger partial charge on any atom is -0.338 e. The normalized spacial score (nSPS) is 21.3. The third-order valence-corrected chi connectivity index (χ3v) is 5.57. The summed E-state index contributed by atoms with van der Waals surface area (Å²) in [6, 6.07) is 10.2. The zero-order chi connectivity index (χ0) is 17.0. The lowest BCUT2D eigenvalue weighted by atomic mass is 9.77. The van der Waals surface area contributed by atoms with Crippen LogP contribution in [0.4, 0.5) is 0 Å². The zero-order valence-corrected chi connectivity index (χ0v) is 14.1. The Kier molecular flexibility index (Phi) is 3.17. The Hall–Kier alpha value is -2.69. The molecule has 5 heteroatoms. The van der Waals surface area contributed by atoms with Crippen LogP contribution in [0.3, 0.4) is 0 Å². The van der Waals surface area contributed by atoms with E-state index in [0.29, 0.717) is 23.2 Å². The lowest BCUT2D eigenvalue weighted by Crippen LogP contribution is -2.19. The summed E-state index contributed by atoms with van der Waals surface area (Å²) in [5, 5.41) is 4.08. The van der Waals surface area contributed by atoms with Crippen molar-refractivity contribution in [3.05, 3.63) is 69.0 Å². The van der Waals surface area contributed by atoms with Gasteiger partial charge in [-0.3, -0.25) is 4.79 Å². The molecule has 0 saturated heterocycles. The zero-order valence-electron chi connectivity index (χ0n) is 14.1. The highest BCUT2D eigenvalue weighted by Crippen LogP contribution is 2.39. The summed E-state index contributed by atoms with van der Waals surface area (Å²) in [4.78, 5) is 20.1. The summed E-state index contributed by atoms with van der Waals surface area (Å²) in [5.41, 5.74) is 5.22. The van der Waals surface area contributed by atoms with Gasteiger partial charge in [0.05, 0.1) is 11.5 Å². The monoisotopic (exact) mass is 333 g/mol. The predicted molar refractivity (Wildman–Crippen MR) is 93.7 cm³/mol. The Labute approximate surface area is 145 Å². The molecule has 2 atom stereocenters. The number of fused-ring (bicyclic) bond motifs is 2. The number of nitrogens with zero attached hydrogens (tertiary/aromatic N) is 2. The van der Waals surface area contributed by atoms with E-state index in [9.17, 15) is 4.79 Å². The molecular formula is C20H19N3O2. The van der Waals surface area contributed by atoms with Gasteiger partial charge in [-0.2, -0.15) is 4.98 Å². The number of aromatic amines is 1. The second-order valence-corrected chi connectivity index (χ2v) is 7.16. The van der Waals surface area contributed by atoms with Crippen LogP contribution in [0.2, 0.25) is 0 Å². The second kappa shape index (κ2) is 5.41. The summed E-state index contributed by atoms with van der Waals surface area (Å²) in [6.07, 6.45) is 4.17. The molecule has 5 nitrogen and oxygen atoms in total. The number of aryl methyl sites for hydroxylation is 1. The Morgan fingerprint density at radius 2 is 2.12 bits per heavy atom. The smallest absolute Gasteiger partial charge is 0.259 e. The number of benzene rings is 1. The Morgan fingerprint density at radius 1 is 1.24 bits per heavy atom. The molecule has 0 spiro atoms. The molecule has 0 saturated carbocycles. The van der Waals surface area contributed by atoms with Crippen LogP contribution in [0.5, 0.6) is 0 Å². The van der Waals surface area contributed by atoms with Crippen LogP contribution in [-0.2, 0) is 12.8 Å². The van der Waals surface area contributed by atoms with Crippen LogP contribution in [0.1, 0.15) is 59.9 Å². The van der Waals surface area contributed by atoms with Crippen molar-refractivity contribution in [3.63, 3.8) is 0 Å². The molecule has 5 rings (SSSR count). The first kappa shape index (κ1) is 14.6. The van der Waals surface area contributed by atoms with Crippen molar-refractivity contribution in [3.8, 4) is 11.4 Å². The van der Waals surface area contributed by atoms with Crippen molar-refractivity contribution in [2.45, 2.75) is 44.4 Å². The van der Waals surface area contributed by atoms with Crippen LogP contribution in [0.25, 0.3) is 11.4 Å². The molecule has 2 heterocycles. The number of rotatable bonds is 2. The molecule has 3 aromatic rings. The van der Waals surface area contributed by atoms with E-state index in [4.69, 9.17) is 4.52 Å². The van der Waals surface area contributed by atoms with Crippen molar-refractivity contribution in [1.82, 2.24) is 15.1 Å². The van der Waals surface area contributed by atoms with E-state index in [1.54, 1.807) is 0 Å². The molecular weight excluding hydrogens is 314 g/mol. The average Bonchev–Trinajstić information content (AvgIpc) is 3.05. The summed E-state index contributed by atoms with van der Waals surface area (Å²) >= 11 is 0. The van der Waals surface area contributed by atoms with Gasteiger partial charge in [0, 0.05) is 5.69 Å². The quantitative estimate of drug-likeness (QED) is 0.778. The predicted octanol–water partition coefficient (Wildman–Crippen LogP) is 3.55. The van der Waals surface area contributed by atoms with E-state index in [-0.39, 0.29) is 11.5 Å². The fourth-order valence-electron chi connectivity index (χ4n) is 4.11. The molecule has 25 heavy (non-hydrogen) atoms. The first-order valence-corrected chi connectivity index (χ1v) is 8.88. The number of H-pyrrole nitrogens is 1. The molecule has 0 fully saturated rings. The largest absolute Gasteiger partial charge is 0.338 e. The molecule has 2 aromatic heterocycles. The number of nitrogens with one attached hydrogen (secondary N) is 1. The van der Waals surface area contributed by atoms with Gasteiger partial charge in [-0.25, -0.2) is 0 Å². The number of hydrogen-bond donors (Lipinski definition) is 1. The lowest BCUT2D eigenvalue weighted by molar-refractivity contribution is 0.356. The molecule has 126 valence electrons. The van der Waals surface area contributed by atoms with Gasteiger partial charge in [-0.1, -0.05) is 36.3 Å². The molecule has 0 aliphatic heterocycles. The van der Waals surface area contributed by atoms with Crippen LogP contribution in [0, 0.1) is 0 Å². The summed E-state index contributed by atoms with van der Waals surface area (Å²) < 4.78 is 5.49. The van der Waals surface area contributed by atoms with Crippen molar-refractivity contribution in [2.24, 2.45) is 0 Å². The lowest BCUT2D eigenvalue weighted by Gasteiger charge is -2.26. The maximum Gasteiger partial charge on any atom is 0.259 e. The van der Waals surface area contributed by atoms with Gasteiger partial charge >= 0.3 is 0 Å². The fourth-order valence-corrected chi connectivity index (χ4v) is 4.11. The van der Waals surface area contributed by atoms with Gasteiger partial charge in [0.25, 0.3) is 5.56 Å². The molecule has 2 aliphatic rings. The SMILES string of the molecule is CC1CCCc2cc(-c3noc(C4Cc5ccccc54)n3)c(=O)[nH]c21. The van der Waals surface area contributed by atoms with Crippen molar-refractivity contribution in [1.29, 1.82) is 0 Å².